The van der Waals surface area contributed by atoms with Crippen molar-refractivity contribution in [1.29, 1.82) is 0 Å². The molecule has 5 rings (SSSR count). The highest BCUT2D eigenvalue weighted by Crippen LogP contribution is 2.34. The minimum absolute atomic E-state index is 0.0843. The number of aromatic nitrogens is 5. The molecular formula is C22H22N6O3. The largest absolute Gasteiger partial charge is 0.454 e. The van der Waals surface area contributed by atoms with Crippen molar-refractivity contribution in [3.63, 3.8) is 0 Å². The summed E-state index contributed by atoms with van der Waals surface area (Å²) in [6, 6.07) is 7.31. The van der Waals surface area contributed by atoms with Gasteiger partial charge in [-0.25, -0.2) is 9.97 Å². The van der Waals surface area contributed by atoms with Crippen molar-refractivity contribution < 1.29 is 13.7 Å². The van der Waals surface area contributed by atoms with Gasteiger partial charge in [-0.05, 0) is 38.0 Å². The fraction of sp³-hybridized carbons (Fsp3) is 0.318. The summed E-state index contributed by atoms with van der Waals surface area (Å²) in [4.78, 5) is 23.4. The van der Waals surface area contributed by atoms with Gasteiger partial charge in [-0.1, -0.05) is 5.16 Å². The summed E-state index contributed by atoms with van der Waals surface area (Å²) in [6.45, 7) is 3.66. The summed E-state index contributed by atoms with van der Waals surface area (Å²) in [5, 5.41) is 8.14. The molecule has 1 amide bonds. The van der Waals surface area contributed by atoms with Gasteiger partial charge in [0, 0.05) is 43.7 Å². The van der Waals surface area contributed by atoms with Crippen molar-refractivity contribution in [1.82, 2.24) is 29.8 Å². The number of amides is 1. The molecule has 1 fully saturated rings. The van der Waals surface area contributed by atoms with Crippen LogP contribution in [0.1, 0.15) is 46.5 Å². The Morgan fingerprint density at radius 3 is 2.87 bits per heavy atom. The second-order valence-corrected chi connectivity index (χ2v) is 7.69. The molecule has 0 bridgehead atoms. The minimum atomic E-state index is -0.0843. The van der Waals surface area contributed by atoms with Gasteiger partial charge < -0.3 is 13.8 Å². The Kier molecular flexibility index (Phi) is 5.07. The van der Waals surface area contributed by atoms with E-state index in [1.807, 2.05) is 36.2 Å². The van der Waals surface area contributed by atoms with Gasteiger partial charge in [0.05, 0.1) is 23.5 Å². The topological polar surface area (TPSA) is 103 Å². The summed E-state index contributed by atoms with van der Waals surface area (Å²) in [5.74, 6) is 1.88. The van der Waals surface area contributed by atoms with Crippen molar-refractivity contribution in [3.05, 3.63) is 72.1 Å². The van der Waals surface area contributed by atoms with Crippen LogP contribution in [0, 0.1) is 6.92 Å². The Morgan fingerprint density at radius 2 is 2.13 bits per heavy atom. The van der Waals surface area contributed by atoms with Gasteiger partial charge >= 0.3 is 0 Å². The highest BCUT2D eigenvalue weighted by atomic mass is 16.5. The average Bonchev–Trinajstić information content (AvgIpc) is 3.57. The number of hydrogen-bond donors (Lipinski definition) is 0. The zero-order chi connectivity index (χ0) is 21.2. The van der Waals surface area contributed by atoms with Crippen LogP contribution in [0.25, 0.3) is 11.3 Å². The summed E-state index contributed by atoms with van der Waals surface area (Å²) >= 11 is 0. The van der Waals surface area contributed by atoms with Crippen LogP contribution < -0.4 is 0 Å². The van der Waals surface area contributed by atoms with Gasteiger partial charge in [0.1, 0.15) is 12.1 Å². The molecule has 9 heteroatoms. The van der Waals surface area contributed by atoms with Gasteiger partial charge in [-0.15, -0.1) is 0 Å². The van der Waals surface area contributed by atoms with Crippen LogP contribution in [-0.2, 0) is 6.54 Å². The van der Waals surface area contributed by atoms with Crippen molar-refractivity contribution in [2.45, 2.75) is 32.2 Å². The lowest BCUT2D eigenvalue weighted by Crippen LogP contribution is -2.38. The first kappa shape index (κ1) is 19.2. The summed E-state index contributed by atoms with van der Waals surface area (Å²) < 4.78 is 13.0. The Balaban J connectivity index is 1.25. The molecule has 0 atom stereocenters. The van der Waals surface area contributed by atoms with Crippen LogP contribution >= 0.6 is 0 Å². The van der Waals surface area contributed by atoms with Crippen LogP contribution in [0.15, 0.2) is 58.1 Å². The number of aryl methyl sites for hydroxylation is 1. The molecule has 0 aromatic carbocycles. The molecule has 31 heavy (non-hydrogen) atoms. The van der Waals surface area contributed by atoms with Crippen molar-refractivity contribution in [3.8, 4) is 11.3 Å². The first-order valence-corrected chi connectivity index (χ1v) is 10.3. The van der Waals surface area contributed by atoms with E-state index < -0.39 is 0 Å². The van der Waals surface area contributed by atoms with Crippen LogP contribution in [0.5, 0.6) is 0 Å². The van der Waals surface area contributed by atoms with Crippen LogP contribution in [0.2, 0.25) is 0 Å². The number of carbonyl (C=O) groups excluding carboxylic acids is 1. The lowest BCUT2D eigenvalue weighted by atomic mass is 9.90. The van der Waals surface area contributed by atoms with E-state index in [-0.39, 0.29) is 11.8 Å². The van der Waals surface area contributed by atoms with Gasteiger partial charge in [0.25, 0.3) is 5.91 Å². The standard InChI is InChI=1S/C22H22N6O3/c1-15-11-20(31-26-15)18-12-23-14-24-21(18)16-5-9-27(10-6-16)22(29)19-4-3-17(30-19)13-28-8-2-7-25-28/h2-4,7-8,11-12,14,16H,5-6,9-10,13H2,1H3. The van der Waals surface area contributed by atoms with E-state index in [1.54, 1.807) is 29.5 Å². The third-order valence-electron chi connectivity index (χ3n) is 5.55. The normalized spacial score (nSPS) is 14.8. The number of hydrogen-bond acceptors (Lipinski definition) is 7. The Bertz CT molecular complexity index is 1170. The molecule has 0 saturated carbocycles. The number of likely N-dealkylation sites (tertiary alicyclic amines) is 1. The third kappa shape index (κ3) is 3.98. The molecule has 5 heterocycles. The molecule has 4 aromatic rings. The zero-order valence-corrected chi connectivity index (χ0v) is 17.1. The van der Waals surface area contributed by atoms with E-state index in [4.69, 9.17) is 8.94 Å². The van der Waals surface area contributed by atoms with E-state index >= 15 is 0 Å². The molecule has 1 saturated heterocycles. The molecule has 0 N–H and O–H groups in total. The Morgan fingerprint density at radius 1 is 1.26 bits per heavy atom. The molecule has 9 nitrogen and oxygen atoms in total. The third-order valence-corrected chi connectivity index (χ3v) is 5.55. The Labute approximate surface area is 178 Å². The van der Waals surface area contributed by atoms with Crippen LogP contribution in [0.3, 0.4) is 0 Å². The molecule has 1 aliphatic rings. The maximum absolute atomic E-state index is 12.9. The summed E-state index contributed by atoms with van der Waals surface area (Å²) in [6.07, 6.45) is 8.52. The highest BCUT2D eigenvalue weighted by Gasteiger charge is 2.29. The average molecular weight is 418 g/mol. The highest BCUT2D eigenvalue weighted by molar-refractivity contribution is 5.91. The monoisotopic (exact) mass is 418 g/mol. The predicted octanol–water partition coefficient (Wildman–Crippen LogP) is 3.30. The van der Waals surface area contributed by atoms with E-state index in [9.17, 15) is 4.79 Å². The molecule has 0 aliphatic carbocycles. The van der Waals surface area contributed by atoms with Gasteiger partial charge in [-0.3, -0.25) is 9.48 Å². The van der Waals surface area contributed by atoms with Crippen molar-refractivity contribution in [2.24, 2.45) is 0 Å². The summed E-state index contributed by atoms with van der Waals surface area (Å²) in [5.41, 5.74) is 2.62. The maximum atomic E-state index is 12.9. The predicted molar refractivity (Wildman–Crippen MR) is 110 cm³/mol. The lowest BCUT2D eigenvalue weighted by molar-refractivity contribution is 0.0677. The SMILES string of the molecule is Cc1cc(-c2cncnc2C2CCN(C(=O)c3ccc(Cn4cccn4)o3)CC2)on1. The second-order valence-electron chi connectivity index (χ2n) is 7.69. The maximum Gasteiger partial charge on any atom is 0.289 e. The van der Waals surface area contributed by atoms with E-state index in [0.29, 0.717) is 36.9 Å². The first-order valence-electron chi connectivity index (χ1n) is 10.3. The molecule has 0 spiro atoms. The van der Waals surface area contributed by atoms with Gasteiger partial charge in [0.15, 0.2) is 11.5 Å². The molecule has 1 aliphatic heterocycles. The van der Waals surface area contributed by atoms with Crippen molar-refractivity contribution >= 4 is 5.91 Å². The number of furan rings is 1. The van der Waals surface area contributed by atoms with E-state index in [1.165, 1.54) is 0 Å². The second kappa shape index (κ2) is 8.17. The fourth-order valence-electron chi connectivity index (χ4n) is 3.99. The first-order chi connectivity index (χ1) is 15.2. The number of rotatable bonds is 5. The van der Waals surface area contributed by atoms with Crippen molar-refractivity contribution in [2.75, 3.05) is 13.1 Å². The molecule has 158 valence electrons. The number of carbonyl (C=O) groups is 1. The zero-order valence-electron chi connectivity index (χ0n) is 17.1. The van der Waals surface area contributed by atoms with Crippen LogP contribution in [-0.4, -0.2) is 48.8 Å². The molecule has 4 aromatic heterocycles. The molecular weight excluding hydrogens is 396 g/mol. The number of nitrogens with zero attached hydrogens (tertiary/aromatic N) is 6. The molecule has 0 radical (unpaired) electrons. The fourth-order valence-corrected chi connectivity index (χ4v) is 3.99. The Hall–Kier alpha value is -3.75. The quantitative estimate of drug-likeness (QED) is 0.490. The molecule has 0 unspecified atom stereocenters. The van der Waals surface area contributed by atoms with Gasteiger partial charge in [0.2, 0.25) is 0 Å². The van der Waals surface area contributed by atoms with Gasteiger partial charge in [-0.2, -0.15) is 5.10 Å². The minimum Gasteiger partial charge on any atom is -0.454 e. The number of piperidine rings is 1. The summed E-state index contributed by atoms with van der Waals surface area (Å²) in [7, 11) is 0. The van der Waals surface area contributed by atoms with E-state index in [0.717, 1.165) is 29.8 Å². The lowest BCUT2D eigenvalue weighted by Gasteiger charge is -2.31. The smallest absolute Gasteiger partial charge is 0.289 e. The van der Waals surface area contributed by atoms with Crippen LogP contribution in [0.4, 0.5) is 0 Å². The van der Waals surface area contributed by atoms with E-state index in [2.05, 4.69) is 20.2 Å².